The van der Waals surface area contributed by atoms with Crippen LogP contribution in [0.3, 0.4) is 0 Å². The summed E-state index contributed by atoms with van der Waals surface area (Å²) >= 11 is 0. The molecule has 1 aromatic carbocycles. The molecule has 2 saturated heterocycles. The third kappa shape index (κ3) is 3.09. The Bertz CT molecular complexity index is 929. The Morgan fingerprint density at radius 2 is 2.07 bits per heavy atom. The molecular weight excluding hydrogens is 370 g/mol. The maximum Gasteiger partial charge on any atom is 0.325 e. The van der Waals surface area contributed by atoms with Gasteiger partial charge in [0.15, 0.2) is 9.84 Å². The number of hydrogen-bond donors (Lipinski definition) is 2. The highest BCUT2D eigenvalue weighted by Gasteiger charge is 2.54. The smallest absolute Gasteiger partial charge is 0.325 e. The van der Waals surface area contributed by atoms with Gasteiger partial charge < -0.3 is 10.6 Å². The fraction of sp³-hybridized carbons (Fsp3) is 0.500. The number of aryl methyl sites for hydroxylation is 1. The average Bonchev–Trinajstić information content (AvgIpc) is 3.07. The van der Waals surface area contributed by atoms with E-state index in [-0.39, 0.29) is 11.5 Å². The van der Waals surface area contributed by atoms with Gasteiger partial charge in [0.1, 0.15) is 12.1 Å². The van der Waals surface area contributed by atoms with Gasteiger partial charge in [0.05, 0.1) is 11.5 Å². The molecule has 2 fully saturated rings. The fourth-order valence-electron chi connectivity index (χ4n) is 4.28. The molecule has 144 valence electrons. The third-order valence-electron chi connectivity index (χ3n) is 5.55. The summed E-state index contributed by atoms with van der Waals surface area (Å²) in [6.07, 6.45) is 2.46. The Morgan fingerprint density at radius 3 is 2.81 bits per heavy atom. The van der Waals surface area contributed by atoms with Gasteiger partial charge in [-0.2, -0.15) is 0 Å². The number of amides is 4. The van der Waals surface area contributed by atoms with E-state index in [0.717, 1.165) is 28.9 Å². The molecule has 1 spiro atoms. The van der Waals surface area contributed by atoms with Crippen LogP contribution in [0.4, 0.5) is 4.79 Å². The second-order valence-electron chi connectivity index (χ2n) is 7.40. The highest BCUT2D eigenvalue weighted by atomic mass is 32.2. The van der Waals surface area contributed by atoms with E-state index in [9.17, 15) is 22.8 Å². The first-order valence-corrected chi connectivity index (χ1v) is 10.9. The number of nitrogens with zero attached hydrogens (tertiary/aromatic N) is 1. The summed E-state index contributed by atoms with van der Waals surface area (Å²) in [5, 5.41) is 5.42. The molecule has 9 heteroatoms. The summed E-state index contributed by atoms with van der Waals surface area (Å²) in [4.78, 5) is 38.8. The summed E-state index contributed by atoms with van der Waals surface area (Å²) < 4.78 is 23.0. The number of hydrogen-bond acceptors (Lipinski definition) is 5. The first-order valence-electron chi connectivity index (χ1n) is 9.03. The molecule has 2 aliphatic heterocycles. The summed E-state index contributed by atoms with van der Waals surface area (Å²) in [7, 11) is -3.12. The maximum atomic E-state index is 13.1. The number of carbonyl (C=O) groups is 3. The van der Waals surface area contributed by atoms with Crippen molar-refractivity contribution >= 4 is 27.7 Å². The SMILES string of the molecule is O=C(CN1C(=O)N[C@]2(CCCc3ccccc32)C1=O)N[C@H]1CCS(=O)(=O)C1. The summed E-state index contributed by atoms with van der Waals surface area (Å²) in [6.45, 7) is -0.412. The van der Waals surface area contributed by atoms with E-state index in [4.69, 9.17) is 0 Å². The van der Waals surface area contributed by atoms with Gasteiger partial charge in [-0.25, -0.2) is 13.2 Å². The van der Waals surface area contributed by atoms with Crippen LogP contribution < -0.4 is 10.6 Å². The molecular formula is C18H21N3O5S. The minimum absolute atomic E-state index is 0.0426. The van der Waals surface area contributed by atoms with Gasteiger partial charge in [-0.3, -0.25) is 14.5 Å². The number of fused-ring (bicyclic) bond motifs is 2. The van der Waals surface area contributed by atoms with Crippen molar-refractivity contribution < 1.29 is 22.8 Å². The van der Waals surface area contributed by atoms with Crippen molar-refractivity contribution in [3.05, 3.63) is 35.4 Å². The van der Waals surface area contributed by atoms with E-state index in [1.54, 1.807) is 0 Å². The summed E-state index contributed by atoms with van der Waals surface area (Å²) in [6, 6.07) is 6.48. The number of imide groups is 1. The molecule has 1 aromatic rings. The van der Waals surface area contributed by atoms with E-state index in [2.05, 4.69) is 10.6 Å². The first kappa shape index (κ1) is 18.0. The highest BCUT2D eigenvalue weighted by molar-refractivity contribution is 7.91. The highest BCUT2D eigenvalue weighted by Crippen LogP contribution is 2.39. The van der Waals surface area contributed by atoms with Crippen molar-refractivity contribution in [2.24, 2.45) is 0 Å². The van der Waals surface area contributed by atoms with Gasteiger partial charge in [-0.1, -0.05) is 24.3 Å². The standard InChI is InChI=1S/C18H21N3O5S/c22-15(19-13-7-9-27(25,26)11-13)10-21-16(23)18(20-17(21)24)8-3-5-12-4-1-2-6-14(12)18/h1-2,4,6,13H,3,5,7-11H2,(H,19,22)(H,20,24)/t13-,18-/m0/s1. The van der Waals surface area contributed by atoms with Gasteiger partial charge in [0.25, 0.3) is 5.91 Å². The molecule has 2 heterocycles. The molecule has 2 atom stereocenters. The monoisotopic (exact) mass is 391 g/mol. The zero-order chi connectivity index (χ0) is 19.2. The molecule has 4 rings (SSSR count). The topological polar surface area (TPSA) is 113 Å². The second-order valence-corrected chi connectivity index (χ2v) is 9.63. The molecule has 3 aliphatic rings. The molecule has 1 aliphatic carbocycles. The third-order valence-corrected chi connectivity index (χ3v) is 7.32. The van der Waals surface area contributed by atoms with Crippen molar-refractivity contribution in [1.82, 2.24) is 15.5 Å². The molecule has 0 unspecified atom stereocenters. The van der Waals surface area contributed by atoms with Crippen molar-refractivity contribution in [3.63, 3.8) is 0 Å². The van der Waals surface area contributed by atoms with Crippen LogP contribution in [-0.2, 0) is 31.4 Å². The summed E-state index contributed by atoms with van der Waals surface area (Å²) in [5.74, 6) is -1.01. The molecule has 2 N–H and O–H groups in total. The molecule has 27 heavy (non-hydrogen) atoms. The molecule has 0 saturated carbocycles. The van der Waals surface area contributed by atoms with Crippen molar-refractivity contribution in [1.29, 1.82) is 0 Å². The number of sulfone groups is 1. The normalized spacial score (nSPS) is 28.9. The number of benzene rings is 1. The number of nitrogens with one attached hydrogen (secondary N) is 2. The predicted octanol–water partition coefficient (Wildman–Crippen LogP) is 0.0733. The molecule has 4 amide bonds. The van der Waals surface area contributed by atoms with E-state index >= 15 is 0 Å². The lowest BCUT2D eigenvalue weighted by molar-refractivity contribution is -0.135. The van der Waals surface area contributed by atoms with Crippen LogP contribution in [-0.4, -0.2) is 55.3 Å². The Labute approximate surface area is 157 Å². The van der Waals surface area contributed by atoms with Crippen LogP contribution in [0.1, 0.15) is 30.4 Å². The van der Waals surface area contributed by atoms with Crippen molar-refractivity contribution in [3.8, 4) is 0 Å². The van der Waals surface area contributed by atoms with Gasteiger partial charge in [0.2, 0.25) is 5.91 Å². The lowest BCUT2D eigenvalue weighted by Crippen LogP contribution is -2.48. The number of carbonyl (C=O) groups excluding carboxylic acids is 3. The van der Waals surface area contributed by atoms with Gasteiger partial charge in [-0.05, 0) is 36.8 Å². The first-order chi connectivity index (χ1) is 12.8. The quantitative estimate of drug-likeness (QED) is 0.708. The molecule has 0 radical (unpaired) electrons. The van der Waals surface area contributed by atoms with Crippen LogP contribution in [0.5, 0.6) is 0 Å². The minimum Gasteiger partial charge on any atom is -0.351 e. The Hall–Kier alpha value is -2.42. The average molecular weight is 391 g/mol. The Kier molecular flexibility index (Phi) is 4.21. The summed E-state index contributed by atoms with van der Waals surface area (Å²) in [5.41, 5.74) is 0.711. The predicted molar refractivity (Wildman–Crippen MR) is 96.5 cm³/mol. The molecule has 0 aromatic heterocycles. The maximum absolute atomic E-state index is 13.1. The van der Waals surface area contributed by atoms with Gasteiger partial charge in [0, 0.05) is 6.04 Å². The lowest BCUT2D eigenvalue weighted by Gasteiger charge is -2.33. The van der Waals surface area contributed by atoms with Gasteiger partial charge >= 0.3 is 6.03 Å². The molecule has 8 nitrogen and oxygen atoms in total. The zero-order valence-corrected chi connectivity index (χ0v) is 15.5. The largest absolute Gasteiger partial charge is 0.351 e. The van der Waals surface area contributed by atoms with Crippen LogP contribution in [0.2, 0.25) is 0 Å². The van der Waals surface area contributed by atoms with Crippen LogP contribution in [0.15, 0.2) is 24.3 Å². The minimum atomic E-state index is -3.12. The number of rotatable bonds is 3. The molecule has 0 bridgehead atoms. The fourth-order valence-corrected chi connectivity index (χ4v) is 5.95. The second kappa shape index (κ2) is 6.33. The van der Waals surface area contributed by atoms with Gasteiger partial charge in [-0.15, -0.1) is 0 Å². The van der Waals surface area contributed by atoms with Crippen molar-refractivity contribution in [2.45, 2.75) is 37.3 Å². The van der Waals surface area contributed by atoms with E-state index in [1.165, 1.54) is 0 Å². The van der Waals surface area contributed by atoms with E-state index in [1.807, 2.05) is 24.3 Å². The van der Waals surface area contributed by atoms with E-state index in [0.29, 0.717) is 12.8 Å². The van der Waals surface area contributed by atoms with Crippen LogP contribution >= 0.6 is 0 Å². The van der Waals surface area contributed by atoms with E-state index < -0.39 is 45.8 Å². The van der Waals surface area contributed by atoms with Crippen molar-refractivity contribution in [2.75, 3.05) is 18.1 Å². The lowest BCUT2D eigenvalue weighted by atomic mass is 9.76. The Morgan fingerprint density at radius 1 is 1.30 bits per heavy atom. The zero-order valence-electron chi connectivity index (χ0n) is 14.7. The Balaban J connectivity index is 1.50. The van der Waals surface area contributed by atoms with Crippen LogP contribution in [0, 0.1) is 0 Å². The van der Waals surface area contributed by atoms with Crippen LogP contribution in [0.25, 0.3) is 0 Å². The number of urea groups is 1.